The number of hydrogen-bond acceptors (Lipinski definition) is 4. The van der Waals surface area contributed by atoms with Crippen LogP contribution in [0.3, 0.4) is 0 Å². The smallest absolute Gasteiger partial charge is 0.0550 e. The topological polar surface area (TPSA) is 120 Å². The second kappa shape index (κ2) is 22.1. The van der Waals surface area contributed by atoms with Crippen LogP contribution in [0.2, 0.25) is 0 Å². The van der Waals surface area contributed by atoms with Crippen molar-refractivity contribution in [2.24, 2.45) is 17.4 Å². The van der Waals surface area contributed by atoms with Crippen molar-refractivity contribution in [2.75, 3.05) is 5.73 Å². The predicted octanol–water partition coefficient (Wildman–Crippen LogP) is 13.2. The minimum Gasteiger partial charge on any atom is -0.399 e. The van der Waals surface area contributed by atoms with Crippen molar-refractivity contribution in [1.29, 1.82) is 0 Å². The highest BCUT2D eigenvalue weighted by Gasteiger charge is 2.09. The number of H-pyrrole nitrogens is 1. The van der Waals surface area contributed by atoms with E-state index in [0.29, 0.717) is 5.70 Å². The van der Waals surface area contributed by atoms with E-state index in [2.05, 4.69) is 219 Å². The normalized spacial score (nSPS) is 10.6. The molecule has 0 bridgehead atoms. The molecule has 0 spiro atoms. The summed E-state index contributed by atoms with van der Waals surface area (Å²) in [6.45, 7) is 7.99. The van der Waals surface area contributed by atoms with E-state index in [1.807, 2.05) is 36.5 Å². The standard InChI is InChI=1S/C33H27N.C13H14N2.C11H10.H4N2/c34-32-22-20-29(21-23-32)28-16-18-31(19-17-28)33(30-9-5-2-6-10-30)24-13-25-11-14-27(15-12-25)26-7-3-1-4-8-26;1-9-5-3-4-6-11(9)13-12(10(2)14)7-8-15-13;1-9-5-4-7-10-6-2-3-8-11(9)10;1-2/h1-12,14-24H,13,34H2;3-8,15H,2,14H2,1H3;2-8H,1H3;1-2H2/b33-24+;;;. The first kappa shape index (κ1) is 43.9. The summed E-state index contributed by atoms with van der Waals surface area (Å²) in [4.78, 5) is 3.20. The maximum atomic E-state index is 5.84. The van der Waals surface area contributed by atoms with Gasteiger partial charge in [0.25, 0.3) is 0 Å². The van der Waals surface area contributed by atoms with Crippen molar-refractivity contribution < 1.29 is 0 Å². The van der Waals surface area contributed by atoms with E-state index in [1.165, 1.54) is 72.0 Å². The number of rotatable bonds is 8. The minimum atomic E-state index is 0.592. The molecular weight excluding hydrogens is 755 g/mol. The van der Waals surface area contributed by atoms with E-state index in [-0.39, 0.29) is 0 Å². The lowest BCUT2D eigenvalue weighted by molar-refractivity contribution is 1.26. The van der Waals surface area contributed by atoms with Crippen LogP contribution in [-0.2, 0) is 6.42 Å². The van der Waals surface area contributed by atoms with Crippen LogP contribution in [0.4, 0.5) is 5.69 Å². The molecule has 62 heavy (non-hydrogen) atoms. The monoisotopic (exact) mass is 809 g/mol. The minimum absolute atomic E-state index is 0.592. The average Bonchev–Trinajstić information content (AvgIpc) is 3.83. The van der Waals surface area contributed by atoms with E-state index in [0.717, 1.165) is 23.4 Å². The van der Waals surface area contributed by atoms with E-state index < -0.39 is 0 Å². The largest absolute Gasteiger partial charge is 0.399 e. The molecule has 9 N–H and O–H groups in total. The maximum Gasteiger partial charge on any atom is 0.0550 e. The van der Waals surface area contributed by atoms with Gasteiger partial charge >= 0.3 is 0 Å². The summed E-state index contributed by atoms with van der Waals surface area (Å²) in [5, 5.41) is 2.68. The summed E-state index contributed by atoms with van der Waals surface area (Å²) < 4.78 is 0. The highest BCUT2D eigenvalue weighted by atomic mass is 15.0. The molecule has 0 atom stereocenters. The summed E-state index contributed by atoms with van der Waals surface area (Å²) in [5.74, 6) is 8.00. The highest BCUT2D eigenvalue weighted by molar-refractivity contribution is 5.85. The van der Waals surface area contributed by atoms with Crippen LogP contribution in [0.5, 0.6) is 0 Å². The van der Waals surface area contributed by atoms with Gasteiger partial charge in [0.05, 0.1) is 5.69 Å². The van der Waals surface area contributed by atoms with Gasteiger partial charge < -0.3 is 16.5 Å². The molecule has 1 heterocycles. The van der Waals surface area contributed by atoms with E-state index in [4.69, 9.17) is 11.5 Å². The first-order valence-electron chi connectivity index (χ1n) is 20.7. The number of benzene rings is 8. The maximum absolute atomic E-state index is 5.84. The van der Waals surface area contributed by atoms with Crippen LogP contribution in [0, 0.1) is 13.8 Å². The molecular formula is C57H55N5. The third kappa shape index (κ3) is 11.5. The molecule has 8 aromatic carbocycles. The van der Waals surface area contributed by atoms with Gasteiger partial charge in [-0.1, -0.05) is 201 Å². The molecule has 9 aromatic rings. The average molecular weight is 810 g/mol. The number of anilines is 1. The van der Waals surface area contributed by atoms with Crippen LogP contribution in [-0.4, -0.2) is 4.98 Å². The molecule has 5 heteroatoms. The van der Waals surface area contributed by atoms with Crippen LogP contribution < -0.4 is 23.2 Å². The molecule has 0 aliphatic carbocycles. The quantitative estimate of drug-likeness (QED) is 0.0596. The van der Waals surface area contributed by atoms with Crippen LogP contribution >= 0.6 is 0 Å². The molecule has 0 saturated heterocycles. The third-order valence-corrected chi connectivity index (χ3v) is 10.6. The number of allylic oxidation sites excluding steroid dienone is 1. The van der Waals surface area contributed by atoms with Crippen LogP contribution in [0.15, 0.2) is 225 Å². The Labute approximate surface area is 366 Å². The summed E-state index contributed by atoms with van der Waals surface area (Å²) in [6, 6.07) is 71.8. The van der Waals surface area contributed by atoms with Crippen molar-refractivity contribution >= 4 is 27.7 Å². The van der Waals surface area contributed by atoms with Gasteiger partial charge in [0.2, 0.25) is 0 Å². The van der Waals surface area contributed by atoms with Crippen LogP contribution in [0.25, 0.3) is 55.6 Å². The second-order valence-electron chi connectivity index (χ2n) is 14.9. The van der Waals surface area contributed by atoms with Gasteiger partial charge in [0, 0.05) is 28.7 Å². The van der Waals surface area contributed by atoms with Crippen molar-refractivity contribution in [3.63, 3.8) is 0 Å². The number of fused-ring (bicyclic) bond motifs is 1. The van der Waals surface area contributed by atoms with Crippen molar-refractivity contribution in [3.8, 4) is 33.5 Å². The van der Waals surface area contributed by atoms with Gasteiger partial charge in [-0.2, -0.15) is 0 Å². The van der Waals surface area contributed by atoms with Gasteiger partial charge in [-0.25, -0.2) is 0 Å². The number of nitrogen functional groups attached to an aromatic ring is 1. The Kier molecular flexibility index (Phi) is 15.6. The number of aryl methyl sites for hydroxylation is 2. The van der Waals surface area contributed by atoms with Crippen molar-refractivity contribution in [2.45, 2.75) is 20.3 Å². The van der Waals surface area contributed by atoms with Gasteiger partial charge in [-0.15, -0.1) is 0 Å². The highest BCUT2D eigenvalue weighted by Crippen LogP contribution is 2.29. The summed E-state index contributed by atoms with van der Waals surface area (Å²) >= 11 is 0. The molecule has 1 aromatic heterocycles. The molecule has 0 aliphatic rings. The predicted molar refractivity (Wildman–Crippen MR) is 267 cm³/mol. The summed E-state index contributed by atoms with van der Waals surface area (Å²) in [7, 11) is 0. The van der Waals surface area contributed by atoms with E-state index in [1.54, 1.807) is 0 Å². The van der Waals surface area contributed by atoms with E-state index >= 15 is 0 Å². The van der Waals surface area contributed by atoms with Gasteiger partial charge in [0.15, 0.2) is 0 Å². The lowest BCUT2D eigenvalue weighted by atomic mass is 9.94. The van der Waals surface area contributed by atoms with Crippen molar-refractivity contribution in [1.82, 2.24) is 4.98 Å². The number of nitrogens with one attached hydrogen (secondary N) is 1. The molecule has 0 amide bonds. The summed E-state index contributed by atoms with van der Waals surface area (Å²) in [5.41, 5.74) is 28.6. The second-order valence-corrected chi connectivity index (χ2v) is 14.9. The first-order chi connectivity index (χ1) is 30.3. The molecule has 9 rings (SSSR count). The fraction of sp³-hybridized carbons (Fsp3) is 0.0526. The SMILES string of the molecule is C=C(N)c1cc[nH]c1-c1ccccc1C.Cc1cccc2ccccc12.NN.Nc1ccc(-c2ccc(/C(=C/Cc3ccc(-c4ccccc4)cc3)c3ccccc3)cc2)cc1. The Hall–Kier alpha value is -7.70. The molecule has 0 aliphatic heterocycles. The van der Waals surface area contributed by atoms with E-state index in [9.17, 15) is 0 Å². The number of hydrogen-bond donors (Lipinski definition) is 5. The first-order valence-corrected chi connectivity index (χ1v) is 20.7. The van der Waals surface area contributed by atoms with Gasteiger partial charge in [-0.05, 0) is 105 Å². The lowest BCUT2D eigenvalue weighted by Crippen LogP contribution is -2.02. The number of hydrazine groups is 1. The Morgan fingerprint density at radius 1 is 0.516 bits per heavy atom. The zero-order chi connectivity index (χ0) is 43.7. The van der Waals surface area contributed by atoms with Crippen molar-refractivity contribution in [3.05, 3.63) is 258 Å². The fourth-order valence-corrected chi connectivity index (χ4v) is 7.32. The lowest BCUT2D eigenvalue weighted by Gasteiger charge is -2.11. The molecule has 0 unspecified atom stereocenters. The van der Waals surface area contributed by atoms with Gasteiger partial charge in [-0.3, -0.25) is 11.7 Å². The van der Waals surface area contributed by atoms with Crippen LogP contribution in [0.1, 0.15) is 33.4 Å². The number of nitrogens with two attached hydrogens (primary N) is 4. The molecule has 0 fully saturated rings. The molecule has 308 valence electrons. The zero-order valence-corrected chi connectivity index (χ0v) is 35.5. The number of aromatic nitrogens is 1. The molecule has 0 radical (unpaired) electrons. The Morgan fingerprint density at radius 2 is 1.02 bits per heavy atom. The Morgan fingerprint density at radius 3 is 1.65 bits per heavy atom. The molecule has 5 nitrogen and oxygen atoms in total. The Balaban J connectivity index is 0.000000187. The molecule has 0 saturated carbocycles. The number of aromatic amines is 1. The Bertz CT molecular complexity index is 2800. The zero-order valence-electron chi connectivity index (χ0n) is 35.5. The third-order valence-electron chi connectivity index (χ3n) is 10.6. The summed E-state index contributed by atoms with van der Waals surface area (Å²) in [6.07, 6.45) is 5.10. The van der Waals surface area contributed by atoms with Gasteiger partial charge in [0.1, 0.15) is 0 Å². The fourth-order valence-electron chi connectivity index (χ4n) is 7.32.